The monoisotopic (exact) mass is 736 g/mol. The molecule has 2 aromatic heterocycles. The normalized spacial score (nSPS) is 14.9. The zero-order valence-electron chi connectivity index (χ0n) is 28.8. The van der Waals surface area contributed by atoms with Gasteiger partial charge in [-0.15, -0.1) is 71.8 Å². The van der Waals surface area contributed by atoms with Gasteiger partial charge in [-0.05, 0) is 40.0 Å². The molecule has 0 aliphatic heterocycles. The van der Waals surface area contributed by atoms with Crippen LogP contribution in [0.4, 0.5) is 0 Å². The summed E-state index contributed by atoms with van der Waals surface area (Å²) in [7, 11) is -1.35. The van der Waals surface area contributed by atoms with Gasteiger partial charge in [0.2, 0.25) is 0 Å². The fourth-order valence-electron chi connectivity index (χ4n) is 5.21. The van der Waals surface area contributed by atoms with Crippen LogP contribution in [0.5, 0.6) is 0 Å². The smallest absolute Gasteiger partial charge is 0.0798 e. The topological polar surface area (TPSA) is 25.8 Å². The average molecular weight is 736 g/mol. The summed E-state index contributed by atoms with van der Waals surface area (Å²) in [6.45, 7) is 7.28. The summed E-state index contributed by atoms with van der Waals surface area (Å²) in [6, 6.07) is 26.2. The SMILES string of the molecule is C[Si](C)(C)c1cnc(-c2[c-]cccc2)cc1CC1CCCC1.[2H]c1c([2H])c([2H])c(-c2ccc(-c3[c-]cccc3)nc2)c([2H])c1[2H].[Ir]. The maximum atomic E-state index is 7.98. The van der Waals surface area contributed by atoms with Crippen molar-refractivity contribution in [1.82, 2.24) is 9.97 Å². The van der Waals surface area contributed by atoms with E-state index in [-0.39, 0.29) is 49.8 Å². The Kier molecular flexibility index (Phi) is 8.72. The molecule has 41 heavy (non-hydrogen) atoms. The van der Waals surface area contributed by atoms with Crippen LogP contribution in [0.1, 0.15) is 38.1 Å². The van der Waals surface area contributed by atoms with Gasteiger partial charge in [0, 0.05) is 32.5 Å². The van der Waals surface area contributed by atoms with Gasteiger partial charge >= 0.3 is 0 Å². The van der Waals surface area contributed by atoms with E-state index < -0.39 is 14.1 Å². The Morgan fingerprint density at radius 2 is 1.41 bits per heavy atom. The van der Waals surface area contributed by atoms with Crippen LogP contribution in [0, 0.1) is 18.1 Å². The molecule has 1 saturated carbocycles. The summed E-state index contributed by atoms with van der Waals surface area (Å²) in [4.78, 5) is 9.08. The predicted octanol–water partition coefficient (Wildman–Crippen LogP) is 9.04. The molecule has 5 aromatic rings. The molecule has 6 rings (SSSR count). The van der Waals surface area contributed by atoms with E-state index in [1.54, 1.807) is 28.9 Å². The van der Waals surface area contributed by atoms with Crippen molar-refractivity contribution in [1.29, 1.82) is 0 Å². The molecule has 1 fully saturated rings. The van der Waals surface area contributed by atoms with Crippen LogP contribution in [0.2, 0.25) is 19.6 Å². The van der Waals surface area contributed by atoms with Gasteiger partial charge < -0.3 is 9.97 Å². The number of hydrogen-bond acceptors (Lipinski definition) is 2. The summed E-state index contributed by atoms with van der Waals surface area (Å²) in [5.41, 5.74) is 5.93. The van der Waals surface area contributed by atoms with Gasteiger partial charge in [0.1, 0.15) is 0 Å². The Labute approximate surface area is 267 Å². The van der Waals surface area contributed by atoms with Crippen LogP contribution in [0.25, 0.3) is 33.6 Å². The van der Waals surface area contributed by atoms with Crippen LogP contribution in [0.3, 0.4) is 0 Å². The van der Waals surface area contributed by atoms with Crippen molar-refractivity contribution in [3.8, 4) is 33.6 Å². The van der Waals surface area contributed by atoms with Crippen LogP contribution in [0.15, 0.2) is 109 Å². The molecule has 0 atom stereocenters. The summed E-state index contributed by atoms with van der Waals surface area (Å²) >= 11 is 0. The molecule has 1 aliphatic rings. The summed E-state index contributed by atoms with van der Waals surface area (Å²) < 4.78 is 39.1. The van der Waals surface area contributed by atoms with Crippen molar-refractivity contribution in [3.63, 3.8) is 0 Å². The van der Waals surface area contributed by atoms with Gasteiger partial charge in [-0.3, -0.25) is 0 Å². The molecule has 0 amide bonds. The average Bonchev–Trinajstić information content (AvgIpc) is 3.57. The van der Waals surface area contributed by atoms with Gasteiger partial charge in [-0.25, -0.2) is 0 Å². The van der Waals surface area contributed by atoms with Gasteiger partial charge in [0.25, 0.3) is 0 Å². The first-order valence-electron chi connectivity index (χ1n) is 16.5. The number of pyridine rings is 2. The summed E-state index contributed by atoms with van der Waals surface area (Å²) in [6.07, 6.45) is 10.5. The van der Waals surface area contributed by atoms with E-state index in [0.29, 0.717) is 11.3 Å². The van der Waals surface area contributed by atoms with Crippen molar-refractivity contribution < 1.29 is 27.0 Å². The molecule has 1 radical (unpaired) electrons. The fraction of sp³-hybridized carbons (Fsp3) is 0.243. The third-order valence-corrected chi connectivity index (χ3v) is 9.37. The summed E-state index contributed by atoms with van der Waals surface area (Å²) in [5.74, 6) is 0.880. The molecular weight excluding hydrogens is 693 g/mol. The molecule has 0 bridgehead atoms. The van der Waals surface area contributed by atoms with Crippen LogP contribution in [-0.4, -0.2) is 18.0 Å². The molecule has 0 spiro atoms. The molecule has 0 saturated heterocycles. The first-order valence-corrected chi connectivity index (χ1v) is 17.5. The number of rotatable bonds is 6. The van der Waals surface area contributed by atoms with Crippen LogP contribution in [-0.2, 0) is 26.5 Å². The first-order chi connectivity index (χ1) is 21.5. The van der Waals surface area contributed by atoms with Crippen molar-refractivity contribution in [2.24, 2.45) is 5.92 Å². The fourth-order valence-corrected chi connectivity index (χ4v) is 6.80. The quantitative estimate of drug-likeness (QED) is 0.129. The molecule has 3 aromatic carbocycles. The number of nitrogens with zero attached hydrogens (tertiary/aromatic N) is 2. The van der Waals surface area contributed by atoms with E-state index >= 15 is 0 Å². The minimum absolute atomic E-state index is 0. The maximum Gasteiger partial charge on any atom is 0.0798 e. The van der Waals surface area contributed by atoms with Crippen molar-refractivity contribution in [2.45, 2.75) is 51.7 Å². The standard InChI is InChI=1S/C20H26NSi.C17H12N.Ir/c1-22(2,3)20-15-21-19(17-11-5-4-6-12-17)14-18(20)13-16-9-7-8-10-16;1-3-7-14(8-4-1)16-11-12-17(18-13-16)15-9-5-2-6-10-15;/h4-6,11,14-16H,7-10,13H2,1-3H3;1-9,11-13H;/q2*-1;/i;1D,3D,4D,7D,8D;. The van der Waals surface area contributed by atoms with Crippen molar-refractivity contribution in [2.75, 3.05) is 0 Å². The van der Waals surface area contributed by atoms with Gasteiger partial charge in [0.15, 0.2) is 0 Å². The maximum absolute atomic E-state index is 7.98. The van der Waals surface area contributed by atoms with Gasteiger partial charge in [-0.2, -0.15) is 0 Å². The zero-order chi connectivity index (χ0) is 32.1. The molecule has 211 valence electrons. The minimum Gasteiger partial charge on any atom is -0.305 e. The molecule has 1 aliphatic carbocycles. The van der Waals surface area contributed by atoms with E-state index in [0.717, 1.165) is 22.7 Å². The second kappa shape index (κ2) is 14.6. The third kappa shape index (κ3) is 8.42. The minimum atomic E-state index is -1.35. The zero-order valence-corrected chi connectivity index (χ0v) is 27.2. The van der Waals surface area contributed by atoms with Gasteiger partial charge in [-0.1, -0.05) is 99.3 Å². The number of aromatic nitrogens is 2. The second-order valence-corrected chi connectivity index (χ2v) is 16.4. The summed E-state index contributed by atoms with van der Waals surface area (Å²) in [5, 5.41) is 1.54. The second-order valence-electron chi connectivity index (χ2n) is 11.3. The Balaban J connectivity index is 0.000000205. The van der Waals surface area contributed by atoms with Crippen LogP contribution < -0.4 is 5.19 Å². The molecule has 0 unspecified atom stereocenters. The molecule has 2 nitrogen and oxygen atoms in total. The largest absolute Gasteiger partial charge is 0.305 e. The molecule has 2 heterocycles. The van der Waals surface area contributed by atoms with E-state index in [2.05, 4.69) is 61.2 Å². The predicted molar refractivity (Wildman–Crippen MR) is 171 cm³/mol. The van der Waals surface area contributed by atoms with E-state index in [4.69, 9.17) is 11.8 Å². The van der Waals surface area contributed by atoms with E-state index in [9.17, 15) is 0 Å². The van der Waals surface area contributed by atoms with Crippen LogP contribution >= 0.6 is 0 Å². The Bertz CT molecular complexity index is 1730. The molecular formula is C37H38IrN2Si-2. The third-order valence-electron chi connectivity index (χ3n) is 7.30. The molecule has 0 N–H and O–H groups in total. The van der Waals surface area contributed by atoms with Crippen molar-refractivity contribution >= 4 is 13.3 Å². The van der Waals surface area contributed by atoms with E-state index in [1.165, 1.54) is 38.3 Å². The van der Waals surface area contributed by atoms with E-state index in [1.807, 2.05) is 30.3 Å². The Hall–Kier alpha value is -3.17. The molecule has 4 heteroatoms. The first kappa shape index (κ1) is 24.4. The van der Waals surface area contributed by atoms with Gasteiger partial charge in [0.05, 0.1) is 14.9 Å². The Morgan fingerprint density at radius 1 is 0.780 bits per heavy atom. The Morgan fingerprint density at radius 3 is 1.98 bits per heavy atom. The number of benzene rings is 3. The van der Waals surface area contributed by atoms with Crippen molar-refractivity contribution in [3.05, 3.63) is 127 Å². The number of hydrogen-bond donors (Lipinski definition) is 0.